The van der Waals surface area contributed by atoms with E-state index in [1.165, 1.54) is 28.6 Å². The van der Waals surface area contributed by atoms with Gasteiger partial charge in [0, 0.05) is 6.42 Å². The Hall–Kier alpha value is -3.77. The predicted molar refractivity (Wildman–Crippen MR) is 138 cm³/mol. The fourth-order valence-electron chi connectivity index (χ4n) is 4.63. The van der Waals surface area contributed by atoms with Crippen LogP contribution in [-0.4, -0.2) is 12.7 Å². The Balaban J connectivity index is 1.78. The molecule has 1 atom stereocenters. The van der Waals surface area contributed by atoms with E-state index in [2.05, 4.69) is 0 Å². The van der Waals surface area contributed by atoms with Crippen molar-refractivity contribution >= 4 is 21.3 Å². The van der Waals surface area contributed by atoms with E-state index in [9.17, 15) is 17.2 Å². The molecule has 0 aromatic heterocycles. The van der Waals surface area contributed by atoms with Crippen LogP contribution in [0.2, 0.25) is 0 Å². The monoisotopic (exact) mass is 501 g/mol. The number of sulfonamides is 1. The maximum Gasteiger partial charge on any atom is 0.264 e. The first-order valence-corrected chi connectivity index (χ1v) is 13.1. The maximum atomic E-state index is 14.2. The van der Waals surface area contributed by atoms with E-state index in [-0.39, 0.29) is 10.7 Å². The third-order valence-corrected chi connectivity index (χ3v) is 8.36. The molecule has 0 N–H and O–H groups in total. The molecule has 0 spiro atoms. The fourth-order valence-corrected chi connectivity index (χ4v) is 6.32. The zero-order chi connectivity index (χ0) is 25.4. The van der Waals surface area contributed by atoms with Crippen LogP contribution in [0.3, 0.4) is 0 Å². The summed E-state index contributed by atoms with van der Waals surface area (Å²) >= 11 is 0. The van der Waals surface area contributed by atoms with Gasteiger partial charge in [0.25, 0.3) is 10.0 Å². The van der Waals surface area contributed by atoms with Crippen molar-refractivity contribution in [1.82, 2.24) is 4.31 Å². The highest BCUT2D eigenvalue weighted by Crippen LogP contribution is 2.50. The van der Waals surface area contributed by atoms with Gasteiger partial charge < -0.3 is 0 Å². The molecular formula is C30H25F2NO2S. The van der Waals surface area contributed by atoms with E-state index < -0.39 is 21.9 Å². The largest absolute Gasteiger partial charge is 0.264 e. The molecular weight excluding hydrogens is 476 g/mol. The molecule has 182 valence electrons. The molecule has 36 heavy (non-hydrogen) atoms. The first kappa shape index (κ1) is 23.9. The molecule has 1 aliphatic rings. The Morgan fingerprint density at radius 3 is 1.67 bits per heavy atom. The molecule has 0 radical (unpaired) electrons. The zero-order valence-electron chi connectivity index (χ0n) is 19.9. The molecule has 1 aliphatic heterocycles. The molecule has 0 saturated heterocycles. The van der Waals surface area contributed by atoms with E-state index in [0.29, 0.717) is 17.7 Å². The summed E-state index contributed by atoms with van der Waals surface area (Å²) in [6.45, 7) is 3.88. The SMILES string of the molecule is Cc1ccc([C@H]2CC(c3ccc(F)cc3)=C(c3ccc(F)cc3)N2S(=O)(=O)c2ccc(C)cc2)cc1. The van der Waals surface area contributed by atoms with Crippen LogP contribution in [-0.2, 0) is 10.0 Å². The third kappa shape index (κ3) is 4.44. The number of nitrogens with zero attached hydrogens (tertiary/aromatic N) is 1. The van der Waals surface area contributed by atoms with Crippen molar-refractivity contribution in [3.63, 3.8) is 0 Å². The van der Waals surface area contributed by atoms with Crippen molar-refractivity contribution in [2.45, 2.75) is 31.2 Å². The Bertz CT molecular complexity index is 1530. The lowest BCUT2D eigenvalue weighted by Crippen LogP contribution is -2.30. The molecule has 4 aromatic carbocycles. The van der Waals surface area contributed by atoms with Crippen molar-refractivity contribution < 1.29 is 17.2 Å². The highest BCUT2D eigenvalue weighted by atomic mass is 32.2. The molecule has 0 saturated carbocycles. The molecule has 4 aromatic rings. The topological polar surface area (TPSA) is 37.4 Å². The van der Waals surface area contributed by atoms with Gasteiger partial charge in [0.2, 0.25) is 0 Å². The van der Waals surface area contributed by atoms with Crippen LogP contribution in [0.5, 0.6) is 0 Å². The summed E-state index contributed by atoms with van der Waals surface area (Å²) in [4.78, 5) is 0.171. The molecule has 0 aliphatic carbocycles. The lowest BCUT2D eigenvalue weighted by atomic mass is 9.96. The van der Waals surface area contributed by atoms with E-state index >= 15 is 0 Å². The summed E-state index contributed by atoms with van der Waals surface area (Å²) in [5.74, 6) is -0.788. The second-order valence-corrected chi connectivity index (χ2v) is 10.9. The van der Waals surface area contributed by atoms with Crippen LogP contribution in [0.25, 0.3) is 11.3 Å². The minimum Gasteiger partial charge on any atom is -0.258 e. The summed E-state index contributed by atoms with van der Waals surface area (Å²) in [7, 11) is -4.01. The summed E-state index contributed by atoms with van der Waals surface area (Å²) < 4.78 is 57.6. The van der Waals surface area contributed by atoms with Crippen molar-refractivity contribution in [2.24, 2.45) is 0 Å². The maximum absolute atomic E-state index is 14.2. The minimum absolute atomic E-state index is 0.171. The van der Waals surface area contributed by atoms with Gasteiger partial charge in [-0.1, -0.05) is 59.7 Å². The van der Waals surface area contributed by atoms with Crippen molar-refractivity contribution in [2.75, 3.05) is 0 Å². The number of hydrogen-bond acceptors (Lipinski definition) is 2. The lowest BCUT2D eigenvalue weighted by Gasteiger charge is -2.30. The molecule has 0 fully saturated rings. The van der Waals surface area contributed by atoms with E-state index in [4.69, 9.17) is 0 Å². The fraction of sp³-hybridized carbons (Fsp3) is 0.133. The van der Waals surface area contributed by atoms with Crippen LogP contribution in [0.15, 0.2) is 102 Å². The van der Waals surface area contributed by atoms with E-state index in [1.807, 2.05) is 38.1 Å². The van der Waals surface area contributed by atoms with Gasteiger partial charge in [0.05, 0.1) is 16.6 Å². The van der Waals surface area contributed by atoms with Gasteiger partial charge in [-0.15, -0.1) is 0 Å². The van der Waals surface area contributed by atoms with Gasteiger partial charge in [0.1, 0.15) is 11.6 Å². The van der Waals surface area contributed by atoms with Gasteiger partial charge in [-0.25, -0.2) is 17.2 Å². The van der Waals surface area contributed by atoms with E-state index in [1.54, 1.807) is 48.5 Å². The zero-order valence-corrected chi connectivity index (χ0v) is 20.8. The van der Waals surface area contributed by atoms with Gasteiger partial charge in [-0.3, -0.25) is 4.31 Å². The summed E-state index contributed by atoms with van der Waals surface area (Å²) in [6, 6.07) is 25.9. The molecule has 0 amide bonds. The van der Waals surface area contributed by atoms with Crippen LogP contribution in [0.1, 0.15) is 40.3 Å². The minimum atomic E-state index is -4.01. The van der Waals surface area contributed by atoms with Crippen molar-refractivity contribution in [3.8, 4) is 0 Å². The van der Waals surface area contributed by atoms with E-state index in [0.717, 1.165) is 27.8 Å². The van der Waals surface area contributed by atoms with Crippen LogP contribution < -0.4 is 0 Å². The second-order valence-electron chi connectivity index (χ2n) is 9.09. The van der Waals surface area contributed by atoms with Gasteiger partial charge in [-0.05, 0) is 84.6 Å². The molecule has 0 bridgehead atoms. The molecule has 0 unspecified atom stereocenters. The number of rotatable bonds is 5. The van der Waals surface area contributed by atoms with Crippen molar-refractivity contribution in [1.29, 1.82) is 0 Å². The molecule has 1 heterocycles. The van der Waals surface area contributed by atoms with Crippen LogP contribution >= 0.6 is 0 Å². The third-order valence-electron chi connectivity index (χ3n) is 6.54. The first-order chi connectivity index (χ1) is 17.2. The normalized spacial score (nSPS) is 16.0. The van der Waals surface area contributed by atoms with Crippen LogP contribution in [0.4, 0.5) is 8.78 Å². The highest BCUT2D eigenvalue weighted by molar-refractivity contribution is 7.89. The number of benzene rings is 4. The van der Waals surface area contributed by atoms with Crippen molar-refractivity contribution in [3.05, 3.63) is 137 Å². The Kier molecular flexibility index (Phi) is 6.22. The average molecular weight is 502 g/mol. The summed E-state index contributed by atoms with van der Waals surface area (Å²) in [5, 5.41) is 0. The Morgan fingerprint density at radius 1 is 0.667 bits per heavy atom. The molecule has 6 heteroatoms. The standard InChI is InChI=1S/C30H25F2NO2S/c1-20-3-7-23(8-4-20)29-19-28(22-9-13-25(31)14-10-22)30(24-11-15-26(32)16-12-24)33(29)36(34,35)27-17-5-21(2)6-18-27/h3-18,29H,19H2,1-2H3/t29-/m1/s1. The number of aryl methyl sites for hydroxylation is 2. The second kappa shape index (κ2) is 9.36. The quantitative estimate of drug-likeness (QED) is 0.288. The highest BCUT2D eigenvalue weighted by Gasteiger charge is 2.42. The first-order valence-electron chi connectivity index (χ1n) is 11.7. The van der Waals surface area contributed by atoms with Gasteiger partial charge >= 0.3 is 0 Å². The summed E-state index contributed by atoms with van der Waals surface area (Å²) in [6.07, 6.45) is 0.381. The number of halogens is 2. The molecule has 5 rings (SSSR count). The van der Waals surface area contributed by atoms with Gasteiger partial charge in [-0.2, -0.15) is 0 Å². The molecule has 3 nitrogen and oxygen atoms in total. The Labute approximate surface area is 210 Å². The smallest absolute Gasteiger partial charge is 0.258 e. The summed E-state index contributed by atoms with van der Waals surface area (Å²) in [5.41, 5.74) is 5.36. The Morgan fingerprint density at radius 2 is 1.14 bits per heavy atom. The average Bonchev–Trinajstić information content (AvgIpc) is 3.27. The van der Waals surface area contributed by atoms with Gasteiger partial charge in [0.15, 0.2) is 0 Å². The predicted octanol–water partition coefficient (Wildman–Crippen LogP) is 7.29. The number of hydrogen-bond donors (Lipinski definition) is 0. The van der Waals surface area contributed by atoms with Crippen LogP contribution in [0, 0.1) is 25.5 Å². The lowest BCUT2D eigenvalue weighted by molar-refractivity contribution is 0.446.